The van der Waals surface area contributed by atoms with Crippen LogP contribution in [-0.4, -0.2) is 49.7 Å². The molecule has 0 spiro atoms. The Kier molecular flexibility index (Phi) is 12.0. The second-order valence-corrected chi connectivity index (χ2v) is 7.28. The normalized spacial score (nSPS) is 11.0. The Bertz CT molecular complexity index is 392. The van der Waals surface area contributed by atoms with Crippen molar-refractivity contribution in [2.45, 2.75) is 16.7 Å². The molecule has 0 aromatic heterocycles. The summed E-state index contributed by atoms with van der Waals surface area (Å²) >= 11 is 14.8. The van der Waals surface area contributed by atoms with E-state index in [1.807, 2.05) is 23.5 Å². The molecule has 0 aliphatic carbocycles. The summed E-state index contributed by atoms with van der Waals surface area (Å²) in [6.45, 7) is 4.82. The molecule has 0 atom stereocenters. The van der Waals surface area contributed by atoms with E-state index in [4.69, 9.17) is 32.7 Å². The minimum atomic E-state index is 0.554. The third-order valence-corrected chi connectivity index (χ3v) is 5.01. The first-order valence-electron chi connectivity index (χ1n) is 6.91. The lowest BCUT2D eigenvalue weighted by molar-refractivity contribution is 0.166. The van der Waals surface area contributed by atoms with E-state index in [1.54, 1.807) is 0 Å². The van der Waals surface area contributed by atoms with Gasteiger partial charge < -0.3 is 9.47 Å². The van der Waals surface area contributed by atoms with Gasteiger partial charge in [0.2, 0.25) is 0 Å². The molecular weight excluding hydrogens is 347 g/mol. The van der Waals surface area contributed by atoms with E-state index in [0.29, 0.717) is 25.0 Å². The Morgan fingerprint density at radius 2 is 1.43 bits per heavy atom. The van der Waals surface area contributed by atoms with Crippen LogP contribution in [0.4, 0.5) is 0 Å². The van der Waals surface area contributed by atoms with Crippen molar-refractivity contribution in [2.24, 2.45) is 0 Å². The zero-order chi connectivity index (χ0) is 15.3. The average molecular weight is 369 g/mol. The lowest BCUT2D eigenvalue weighted by atomic mass is 10.2. The van der Waals surface area contributed by atoms with Crippen molar-refractivity contribution in [1.82, 2.24) is 0 Å². The molecule has 0 N–H and O–H groups in total. The Morgan fingerprint density at radius 1 is 0.857 bits per heavy atom. The van der Waals surface area contributed by atoms with Crippen molar-refractivity contribution in [3.63, 3.8) is 0 Å². The van der Waals surface area contributed by atoms with Gasteiger partial charge in [-0.05, 0) is 24.6 Å². The fourth-order valence-electron chi connectivity index (χ4n) is 1.58. The smallest absolute Gasteiger partial charge is 0.0602 e. The molecule has 0 fully saturated rings. The molecule has 6 heteroatoms. The summed E-state index contributed by atoms with van der Waals surface area (Å²) in [5.41, 5.74) is 1.28. The van der Waals surface area contributed by atoms with Crippen LogP contribution in [0.15, 0.2) is 28.0 Å². The van der Waals surface area contributed by atoms with E-state index in [-0.39, 0.29) is 0 Å². The Hall–Kier alpha value is 0.420. The number of benzene rings is 1. The first kappa shape index (κ1) is 19.5. The quantitative estimate of drug-likeness (QED) is 0.302. The van der Waals surface area contributed by atoms with E-state index >= 15 is 0 Å². The number of alkyl halides is 2. The molecule has 0 saturated carbocycles. The predicted octanol–water partition coefficient (Wildman–Crippen LogP) is 4.69. The number of hydrogen-bond donors (Lipinski definition) is 0. The molecule has 21 heavy (non-hydrogen) atoms. The van der Waals surface area contributed by atoms with Crippen LogP contribution < -0.4 is 0 Å². The number of thioether (sulfide) groups is 2. The van der Waals surface area contributed by atoms with E-state index in [1.165, 1.54) is 15.4 Å². The Morgan fingerprint density at radius 3 is 2.00 bits per heavy atom. The lowest BCUT2D eigenvalue weighted by Crippen LogP contribution is -2.01. The Balaban J connectivity index is 2.39. The van der Waals surface area contributed by atoms with Crippen molar-refractivity contribution in [2.75, 3.05) is 49.7 Å². The molecule has 2 nitrogen and oxygen atoms in total. The van der Waals surface area contributed by atoms with Gasteiger partial charge in [0.1, 0.15) is 0 Å². The van der Waals surface area contributed by atoms with E-state index in [2.05, 4.69) is 25.1 Å². The van der Waals surface area contributed by atoms with Gasteiger partial charge in [0.25, 0.3) is 0 Å². The minimum absolute atomic E-state index is 0.554. The minimum Gasteiger partial charge on any atom is -0.379 e. The summed E-state index contributed by atoms with van der Waals surface area (Å²) in [5.74, 6) is 2.99. The van der Waals surface area contributed by atoms with Gasteiger partial charge in [0.15, 0.2) is 0 Å². The summed E-state index contributed by atoms with van der Waals surface area (Å²) in [6.07, 6.45) is 0. The van der Waals surface area contributed by atoms with Gasteiger partial charge in [-0.3, -0.25) is 0 Å². The van der Waals surface area contributed by atoms with Crippen LogP contribution in [0, 0.1) is 6.92 Å². The SMILES string of the molecule is Cc1ccc(SCCOCCCl)c(SCCOCCCl)c1. The van der Waals surface area contributed by atoms with Crippen LogP contribution in [0.2, 0.25) is 0 Å². The highest BCUT2D eigenvalue weighted by Gasteiger charge is 2.05. The maximum absolute atomic E-state index is 5.58. The molecule has 1 rings (SSSR count). The predicted molar refractivity (Wildman–Crippen MR) is 95.7 cm³/mol. The van der Waals surface area contributed by atoms with Gasteiger partial charge >= 0.3 is 0 Å². The molecule has 0 unspecified atom stereocenters. The van der Waals surface area contributed by atoms with Crippen LogP contribution in [-0.2, 0) is 9.47 Å². The van der Waals surface area contributed by atoms with Crippen molar-refractivity contribution in [3.8, 4) is 0 Å². The molecule has 1 aromatic carbocycles. The van der Waals surface area contributed by atoms with Crippen molar-refractivity contribution >= 4 is 46.7 Å². The fraction of sp³-hybridized carbons (Fsp3) is 0.600. The highest BCUT2D eigenvalue weighted by Crippen LogP contribution is 2.31. The molecule has 0 aliphatic heterocycles. The summed E-state index contributed by atoms with van der Waals surface area (Å²) < 4.78 is 10.8. The first-order valence-corrected chi connectivity index (χ1v) is 9.95. The molecule has 0 aliphatic rings. The molecule has 120 valence electrons. The van der Waals surface area contributed by atoms with Gasteiger partial charge in [-0.1, -0.05) is 6.07 Å². The summed E-state index contributed by atoms with van der Waals surface area (Å²) in [5, 5.41) is 0. The maximum Gasteiger partial charge on any atom is 0.0602 e. The number of aryl methyl sites for hydroxylation is 1. The van der Waals surface area contributed by atoms with Gasteiger partial charge in [-0.2, -0.15) is 0 Å². The van der Waals surface area contributed by atoms with Crippen molar-refractivity contribution in [3.05, 3.63) is 23.8 Å². The van der Waals surface area contributed by atoms with E-state index in [9.17, 15) is 0 Å². The van der Waals surface area contributed by atoms with Crippen LogP contribution in [0.25, 0.3) is 0 Å². The third kappa shape index (κ3) is 9.22. The third-order valence-electron chi connectivity index (χ3n) is 2.51. The number of rotatable bonds is 12. The van der Waals surface area contributed by atoms with Crippen LogP contribution in [0.1, 0.15) is 5.56 Å². The molecule has 0 bridgehead atoms. The van der Waals surface area contributed by atoms with Crippen LogP contribution in [0.3, 0.4) is 0 Å². The zero-order valence-corrected chi connectivity index (χ0v) is 15.4. The number of hydrogen-bond acceptors (Lipinski definition) is 4. The highest BCUT2D eigenvalue weighted by atomic mass is 35.5. The molecule has 0 amide bonds. The second kappa shape index (κ2) is 12.9. The van der Waals surface area contributed by atoms with E-state index < -0.39 is 0 Å². The van der Waals surface area contributed by atoms with E-state index in [0.717, 1.165) is 24.7 Å². The molecule has 0 saturated heterocycles. The largest absolute Gasteiger partial charge is 0.379 e. The molecule has 0 heterocycles. The van der Waals surface area contributed by atoms with Gasteiger partial charge in [0, 0.05) is 33.1 Å². The lowest BCUT2D eigenvalue weighted by Gasteiger charge is -2.10. The second-order valence-electron chi connectivity index (χ2n) is 4.25. The monoisotopic (exact) mass is 368 g/mol. The van der Waals surface area contributed by atoms with Gasteiger partial charge in [0.05, 0.1) is 26.4 Å². The van der Waals surface area contributed by atoms with Gasteiger partial charge in [-0.25, -0.2) is 0 Å². The van der Waals surface area contributed by atoms with Crippen LogP contribution >= 0.6 is 46.7 Å². The average Bonchev–Trinajstić information content (AvgIpc) is 2.48. The summed E-state index contributed by atoms with van der Waals surface area (Å²) in [7, 11) is 0. The summed E-state index contributed by atoms with van der Waals surface area (Å²) in [6, 6.07) is 6.56. The highest BCUT2D eigenvalue weighted by molar-refractivity contribution is 8.02. The van der Waals surface area contributed by atoms with Crippen LogP contribution in [0.5, 0.6) is 0 Å². The zero-order valence-electron chi connectivity index (χ0n) is 12.3. The Labute approximate surface area is 146 Å². The van der Waals surface area contributed by atoms with Crippen molar-refractivity contribution < 1.29 is 9.47 Å². The maximum atomic E-state index is 5.58. The molecular formula is C15H22Cl2O2S2. The number of ether oxygens (including phenoxy) is 2. The van der Waals surface area contributed by atoms with Crippen molar-refractivity contribution in [1.29, 1.82) is 0 Å². The standard InChI is InChI=1S/C15H22Cl2O2S2/c1-13-2-3-14(20-10-8-18-6-4-16)15(12-13)21-11-9-19-7-5-17/h2-3,12H,4-11H2,1H3. The first-order chi connectivity index (χ1) is 10.3. The molecule has 1 aromatic rings. The fourth-order valence-corrected chi connectivity index (χ4v) is 3.84. The summed E-state index contributed by atoms with van der Waals surface area (Å²) in [4.78, 5) is 2.62. The molecule has 0 radical (unpaired) electrons. The van der Waals surface area contributed by atoms with Gasteiger partial charge in [-0.15, -0.1) is 46.7 Å². The number of halogens is 2. The topological polar surface area (TPSA) is 18.5 Å².